The van der Waals surface area contributed by atoms with Gasteiger partial charge >= 0.3 is 5.97 Å². The number of nitrogens with zero attached hydrogens (tertiary/aromatic N) is 2. The highest BCUT2D eigenvalue weighted by molar-refractivity contribution is 6.32. The molecule has 114 valence electrons. The van der Waals surface area contributed by atoms with Gasteiger partial charge in [-0.3, -0.25) is 14.9 Å². The molecule has 1 fully saturated rings. The molecule has 1 heterocycles. The molecule has 0 saturated heterocycles. The Morgan fingerprint density at radius 3 is 2.64 bits per heavy atom. The lowest BCUT2D eigenvalue weighted by Crippen LogP contribution is -2.19. The number of hydrogen-bond acceptors (Lipinski definition) is 4. The quantitative estimate of drug-likeness (QED) is 0.691. The van der Waals surface area contributed by atoms with Crippen LogP contribution in [0.1, 0.15) is 34.8 Å². The fraction of sp³-hybridized carbons (Fsp3) is 0.286. The molecule has 0 aliphatic heterocycles. The Bertz CT molecular complexity index is 898. The number of benzene rings is 1. The highest BCUT2D eigenvalue weighted by Gasteiger charge is 2.31. The van der Waals surface area contributed by atoms with Gasteiger partial charge in [-0.2, -0.15) is 0 Å². The van der Waals surface area contributed by atoms with Crippen LogP contribution in [0.3, 0.4) is 0 Å². The number of halogens is 1. The standard InChI is InChI=1S/C14H11ClN2O5/c1-6-10(15)4-8-12(11(6)17(21)22)16(7-2-3-7)5-9(13(8)18)14(19)20/h4-5,7H,2-3H2,1H3,(H,19,20). The minimum absolute atomic E-state index is 0.0273. The van der Waals surface area contributed by atoms with Crippen molar-refractivity contribution >= 4 is 34.2 Å². The van der Waals surface area contributed by atoms with Crippen LogP contribution in [0, 0.1) is 17.0 Å². The predicted molar refractivity (Wildman–Crippen MR) is 79.8 cm³/mol. The first-order valence-electron chi connectivity index (χ1n) is 6.58. The van der Waals surface area contributed by atoms with Crippen molar-refractivity contribution in [3.63, 3.8) is 0 Å². The average molecular weight is 323 g/mol. The van der Waals surface area contributed by atoms with Crippen LogP contribution >= 0.6 is 11.6 Å². The van der Waals surface area contributed by atoms with Gasteiger partial charge in [0.1, 0.15) is 11.1 Å². The molecule has 2 aromatic rings. The summed E-state index contributed by atoms with van der Waals surface area (Å²) in [5.74, 6) is -1.36. The average Bonchev–Trinajstić information content (AvgIpc) is 3.25. The van der Waals surface area contributed by atoms with E-state index in [0.29, 0.717) is 0 Å². The molecule has 3 rings (SSSR count). The fourth-order valence-electron chi connectivity index (χ4n) is 2.58. The molecule has 0 spiro atoms. The Kier molecular flexibility index (Phi) is 3.17. The van der Waals surface area contributed by atoms with Gasteiger partial charge in [0.15, 0.2) is 0 Å². The Morgan fingerprint density at radius 1 is 1.50 bits per heavy atom. The zero-order valence-electron chi connectivity index (χ0n) is 11.5. The van der Waals surface area contributed by atoms with E-state index < -0.39 is 21.9 Å². The summed E-state index contributed by atoms with van der Waals surface area (Å²) in [7, 11) is 0. The molecule has 22 heavy (non-hydrogen) atoms. The van der Waals surface area contributed by atoms with E-state index >= 15 is 0 Å². The van der Waals surface area contributed by atoms with Crippen LogP contribution in [-0.4, -0.2) is 20.6 Å². The Balaban J connectivity index is 2.57. The molecule has 0 radical (unpaired) electrons. The Labute approximate surface area is 128 Å². The summed E-state index contributed by atoms with van der Waals surface area (Å²) in [6.45, 7) is 1.51. The van der Waals surface area contributed by atoms with Gasteiger partial charge in [0.05, 0.1) is 15.3 Å². The van der Waals surface area contributed by atoms with Gasteiger partial charge in [0, 0.05) is 17.8 Å². The minimum atomic E-state index is -1.36. The largest absolute Gasteiger partial charge is 0.477 e. The van der Waals surface area contributed by atoms with Crippen molar-refractivity contribution < 1.29 is 14.8 Å². The van der Waals surface area contributed by atoms with E-state index in [1.807, 2.05) is 0 Å². The maximum atomic E-state index is 12.3. The third kappa shape index (κ3) is 2.05. The fourth-order valence-corrected chi connectivity index (χ4v) is 2.78. The summed E-state index contributed by atoms with van der Waals surface area (Å²) in [4.78, 5) is 34.4. The topological polar surface area (TPSA) is 102 Å². The lowest BCUT2D eigenvalue weighted by Gasteiger charge is -2.13. The SMILES string of the molecule is Cc1c(Cl)cc2c(=O)c(C(=O)O)cn(C3CC3)c2c1[N+](=O)[O-]. The van der Waals surface area contributed by atoms with Crippen LogP contribution in [-0.2, 0) is 0 Å². The summed E-state index contributed by atoms with van der Waals surface area (Å²) in [5, 5.41) is 20.6. The molecule has 1 aliphatic carbocycles. The van der Waals surface area contributed by atoms with Crippen molar-refractivity contribution in [2.45, 2.75) is 25.8 Å². The molecule has 0 bridgehead atoms. The predicted octanol–water partition coefficient (Wildman–Crippen LogP) is 2.90. The van der Waals surface area contributed by atoms with Crippen LogP contribution < -0.4 is 5.43 Å². The van der Waals surface area contributed by atoms with E-state index in [-0.39, 0.29) is 33.2 Å². The van der Waals surface area contributed by atoms with Gasteiger partial charge in [-0.1, -0.05) is 11.6 Å². The maximum absolute atomic E-state index is 12.3. The number of carboxylic acids is 1. The summed E-state index contributed by atoms with van der Waals surface area (Å²) in [5.41, 5.74) is -1.01. The smallest absolute Gasteiger partial charge is 0.341 e. The van der Waals surface area contributed by atoms with Crippen LogP contribution in [0.5, 0.6) is 0 Å². The van der Waals surface area contributed by atoms with Gasteiger partial charge in [-0.25, -0.2) is 4.79 Å². The van der Waals surface area contributed by atoms with E-state index in [2.05, 4.69) is 0 Å². The maximum Gasteiger partial charge on any atom is 0.341 e. The highest BCUT2D eigenvalue weighted by Crippen LogP contribution is 2.41. The van der Waals surface area contributed by atoms with Gasteiger partial charge in [-0.05, 0) is 25.8 Å². The lowest BCUT2D eigenvalue weighted by molar-refractivity contribution is -0.383. The number of carboxylic acid groups (broad SMARTS) is 1. The number of carbonyl (C=O) groups is 1. The number of nitro benzene ring substituents is 1. The van der Waals surface area contributed by atoms with E-state index in [1.165, 1.54) is 23.8 Å². The number of hydrogen-bond donors (Lipinski definition) is 1. The molecule has 7 nitrogen and oxygen atoms in total. The monoisotopic (exact) mass is 322 g/mol. The van der Waals surface area contributed by atoms with E-state index in [9.17, 15) is 24.8 Å². The molecule has 0 amide bonds. The van der Waals surface area contributed by atoms with Crippen LogP contribution in [0.25, 0.3) is 10.9 Å². The summed E-state index contributed by atoms with van der Waals surface area (Å²) < 4.78 is 1.53. The zero-order valence-corrected chi connectivity index (χ0v) is 12.3. The molecule has 1 saturated carbocycles. The lowest BCUT2D eigenvalue weighted by atomic mass is 10.1. The first kappa shape index (κ1) is 14.5. The summed E-state index contributed by atoms with van der Waals surface area (Å²) in [6.07, 6.45) is 2.77. The molecule has 0 unspecified atom stereocenters. The molecule has 0 atom stereocenters. The number of aromatic carboxylic acids is 1. The number of rotatable bonds is 3. The van der Waals surface area contributed by atoms with E-state index in [1.54, 1.807) is 0 Å². The zero-order chi connectivity index (χ0) is 16.2. The van der Waals surface area contributed by atoms with Gasteiger partial charge in [-0.15, -0.1) is 0 Å². The normalized spacial score (nSPS) is 14.3. The molecule has 8 heteroatoms. The second-order valence-corrected chi connectivity index (χ2v) is 5.71. The van der Waals surface area contributed by atoms with Crippen LogP contribution in [0.4, 0.5) is 5.69 Å². The minimum Gasteiger partial charge on any atom is -0.477 e. The second-order valence-electron chi connectivity index (χ2n) is 5.30. The van der Waals surface area contributed by atoms with E-state index in [4.69, 9.17) is 11.6 Å². The number of pyridine rings is 1. The third-order valence-electron chi connectivity index (χ3n) is 3.83. The third-order valence-corrected chi connectivity index (χ3v) is 4.23. The molecule has 1 aromatic carbocycles. The second kappa shape index (κ2) is 4.81. The van der Waals surface area contributed by atoms with Gasteiger partial charge < -0.3 is 9.67 Å². The van der Waals surface area contributed by atoms with Gasteiger partial charge in [0.2, 0.25) is 5.43 Å². The van der Waals surface area contributed by atoms with Crippen molar-refractivity contribution in [1.29, 1.82) is 0 Å². The Hall–Kier alpha value is -2.41. The van der Waals surface area contributed by atoms with Crippen molar-refractivity contribution in [3.05, 3.63) is 48.8 Å². The molecular weight excluding hydrogens is 312 g/mol. The van der Waals surface area contributed by atoms with Crippen molar-refractivity contribution in [2.24, 2.45) is 0 Å². The molecule has 1 aliphatic rings. The first-order chi connectivity index (χ1) is 10.3. The van der Waals surface area contributed by atoms with E-state index in [0.717, 1.165) is 12.8 Å². The first-order valence-corrected chi connectivity index (χ1v) is 6.96. The van der Waals surface area contributed by atoms with Crippen molar-refractivity contribution in [3.8, 4) is 0 Å². The number of aromatic nitrogens is 1. The highest BCUT2D eigenvalue weighted by atomic mass is 35.5. The number of nitro groups is 1. The van der Waals surface area contributed by atoms with Gasteiger partial charge in [0.25, 0.3) is 5.69 Å². The van der Waals surface area contributed by atoms with Crippen LogP contribution in [0.15, 0.2) is 17.1 Å². The molecule has 1 N–H and O–H groups in total. The Morgan fingerprint density at radius 2 is 2.14 bits per heavy atom. The number of fused-ring (bicyclic) bond motifs is 1. The molecular formula is C14H11ClN2O5. The van der Waals surface area contributed by atoms with Crippen LogP contribution in [0.2, 0.25) is 5.02 Å². The van der Waals surface area contributed by atoms with Crippen molar-refractivity contribution in [1.82, 2.24) is 4.57 Å². The molecule has 1 aromatic heterocycles. The summed E-state index contributed by atoms with van der Waals surface area (Å²) in [6, 6.07) is 1.29. The summed E-state index contributed by atoms with van der Waals surface area (Å²) >= 11 is 5.99. The van der Waals surface area contributed by atoms with Crippen molar-refractivity contribution in [2.75, 3.05) is 0 Å².